The molecule has 2 aliphatic heterocycles. The molecule has 2 saturated heterocycles. The largest absolute Gasteiger partial charge is 0.353 e. The van der Waals surface area contributed by atoms with Gasteiger partial charge in [-0.2, -0.15) is 0 Å². The van der Waals surface area contributed by atoms with Gasteiger partial charge in [0.2, 0.25) is 11.8 Å². The summed E-state index contributed by atoms with van der Waals surface area (Å²) < 4.78 is 0. The van der Waals surface area contributed by atoms with Crippen LogP contribution in [-0.4, -0.2) is 48.9 Å². The van der Waals surface area contributed by atoms with Gasteiger partial charge in [-0.1, -0.05) is 0 Å². The molecule has 0 aromatic carbocycles. The van der Waals surface area contributed by atoms with Crippen LogP contribution in [0.4, 0.5) is 0 Å². The van der Waals surface area contributed by atoms with Gasteiger partial charge in [0.1, 0.15) is 6.04 Å². The van der Waals surface area contributed by atoms with E-state index in [9.17, 15) is 9.59 Å². The van der Waals surface area contributed by atoms with Crippen molar-refractivity contribution >= 4 is 11.8 Å². The van der Waals surface area contributed by atoms with E-state index < -0.39 is 0 Å². The molecule has 1 aliphatic carbocycles. The Hall–Kier alpha value is -1.10. The van der Waals surface area contributed by atoms with Gasteiger partial charge in [-0.25, -0.2) is 0 Å². The zero-order chi connectivity index (χ0) is 12.8. The maximum Gasteiger partial charge on any atom is 0.242 e. The smallest absolute Gasteiger partial charge is 0.242 e. The summed E-state index contributed by atoms with van der Waals surface area (Å²) >= 11 is 0. The van der Waals surface area contributed by atoms with Crippen molar-refractivity contribution in [3.8, 4) is 0 Å². The lowest BCUT2D eigenvalue weighted by atomic mass is 9.91. The van der Waals surface area contributed by atoms with Crippen molar-refractivity contribution in [2.24, 2.45) is 11.3 Å². The van der Waals surface area contributed by atoms with Crippen LogP contribution in [0.25, 0.3) is 0 Å². The number of hydrogen-bond acceptors (Lipinski definition) is 3. The molecule has 0 bridgehead atoms. The molecular formula is C13H21N3O2. The second-order valence-corrected chi connectivity index (χ2v) is 5.87. The first-order valence-corrected chi connectivity index (χ1v) is 6.93. The maximum absolute atomic E-state index is 12.5. The quantitative estimate of drug-likeness (QED) is 0.674. The predicted octanol–water partition coefficient (Wildman–Crippen LogP) is -0.277. The zero-order valence-corrected chi connectivity index (χ0v) is 10.9. The van der Waals surface area contributed by atoms with Gasteiger partial charge in [0.15, 0.2) is 0 Å². The maximum atomic E-state index is 12.5. The number of piperidine rings is 1. The number of piperazine rings is 1. The number of amides is 2. The minimum Gasteiger partial charge on any atom is -0.353 e. The lowest BCUT2D eigenvalue weighted by molar-refractivity contribution is -0.144. The molecule has 1 saturated carbocycles. The Bertz CT molecular complexity index is 376. The number of carbonyl (C=O) groups is 2. The van der Waals surface area contributed by atoms with Crippen molar-refractivity contribution in [3.05, 3.63) is 0 Å². The predicted molar refractivity (Wildman–Crippen MR) is 66.8 cm³/mol. The Morgan fingerprint density at radius 2 is 2.06 bits per heavy atom. The van der Waals surface area contributed by atoms with Gasteiger partial charge in [0, 0.05) is 19.0 Å². The van der Waals surface area contributed by atoms with Crippen molar-refractivity contribution < 1.29 is 9.59 Å². The van der Waals surface area contributed by atoms with E-state index in [1.54, 1.807) is 4.90 Å². The van der Waals surface area contributed by atoms with Crippen molar-refractivity contribution in [1.29, 1.82) is 0 Å². The lowest BCUT2D eigenvalue weighted by Gasteiger charge is -2.34. The average molecular weight is 251 g/mol. The second-order valence-electron chi connectivity index (χ2n) is 5.87. The molecule has 2 amide bonds. The second kappa shape index (κ2) is 4.23. The SMILES string of the molecule is C[C@H]1C(=O)NCCN1C(=O)[C@@H]1CC12CCNCC2. The van der Waals surface area contributed by atoms with Crippen molar-refractivity contribution in [2.75, 3.05) is 26.2 Å². The normalized spacial score (nSPS) is 34.3. The standard InChI is InChI=1S/C13H21N3O2/c1-9-11(17)15-6-7-16(9)12(18)10-8-13(10)2-4-14-5-3-13/h9-10,14H,2-8H2,1H3,(H,15,17)/t9-,10-/m0/s1. The third kappa shape index (κ3) is 1.81. The molecule has 3 fully saturated rings. The summed E-state index contributed by atoms with van der Waals surface area (Å²) in [5.41, 5.74) is 0.260. The summed E-state index contributed by atoms with van der Waals surface area (Å²) in [5.74, 6) is 0.363. The van der Waals surface area contributed by atoms with Gasteiger partial charge in [-0.05, 0) is 44.7 Å². The molecular weight excluding hydrogens is 230 g/mol. The number of nitrogens with one attached hydrogen (secondary N) is 2. The molecule has 2 heterocycles. The molecule has 1 spiro atoms. The van der Waals surface area contributed by atoms with Crippen LogP contribution in [0, 0.1) is 11.3 Å². The van der Waals surface area contributed by atoms with Crippen LogP contribution >= 0.6 is 0 Å². The van der Waals surface area contributed by atoms with Crippen molar-refractivity contribution in [1.82, 2.24) is 15.5 Å². The minimum absolute atomic E-state index is 0.0189. The van der Waals surface area contributed by atoms with Crippen LogP contribution in [0.3, 0.4) is 0 Å². The van der Waals surface area contributed by atoms with E-state index in [4.69, 9.17) is 0 Å². The fraction of sp³-hybridized carbons (Fsp3) is 0.846. The number of hydrogen-bond donors (Lipinski definition) is 2. The van der Waals surface area contributed by atoms with E-state index in [0.717, 1.165) is 32.4 Å². The molecule has 5 heteroatoms. The summed E-state index contributed by atoms with van der Waals surface area (Å²) in [6.45, 7) is 5.14. The molecule has 0 unspecified atom stereocenters. The summed E-state index contributed by atoms with van der Waals surface area (Å²) in [6, 6.07) is -0.300. The van der Waals surface area contributed by atoms with Crippen LogP contribution < -0.4 is 10.6 Å². The van der Waals surface area contributed by atoms with Gasteiger partial charge in [0.25, 0.3) is 0 Å². The highest BCUT2D eigenvalue weighted by atomic mass is 16.2. The van der Waals surface area contributed by atoms with E-state index in [1.807, 2.05) is 6.92 Å². The van der Waals surface area contributed by atoms with Crippen LogP contribution in [0.1, 0.15) is 26.2 Å². The topological polar surface area (TPSA) is 61.4 Å². The first-order valence-electron chi connectivity index (χ1n) is 6.93. The Morgan fingerprint density at radius 1 is 1.33 bits per heavy atom. The van der Waals surface area contributed by atoms with E-state index in [2.05, 4.69) is 10.6 Å². The van der Waals surface area contributed by atoms with Gasteiger partial charge in [-0.3, -0.25) is 9.59 Å². The highest BCUT2D eigenvalue weighted by Crippen LogP contribution is 2.59. The number of nitrogens with zero attached hydrogens (tertiary/aromatic N) is 1. The third-order valence-corrected chi connectivity index (χ3v) is 4.87. The van der Waals surface area contributed by atoms with E-state index in [0.29, 0.717) is 13.1 Å². The first-order chi connectivity index (χ1) is 8.64. The molecule has 2 atom stereocenters. The average Bonchev–Trinajstić information content (AvgIpc) is 3.06. The number of carbonyl (C=O) groups excluding carboxylic acids is 2. The van der Waals surface area contributed by atoms with Gasteiger partial charge in [0.05, 0.1) is 0 Å². The lowest BCUT2D eigenvalue weighted by Crippen LogP contribution is -2.56. The van der Waals surface area contributed by atoms with E-state index in [1.165, 1.54) is 0 Å². The molecule has 100 valence electrons. The van der Waals surface area contributed by atoms with Crippen LogP contribution in [0.15, 0.2) is 0 Å². The minimum atomic E-state index is -0.300. The van der Waals surface area contributed by atoms with E-state index >= 15 is 0 Å². The van der Waals surface area contributed by atoms with Gasteiger partial charge < -0.3 is 15.5 Å². The van der Waals surface area contributed by atoms with E-state index in [-0.39, 0.29) is 29.2 Å². The Morgan fingerprint density at radius 3 is 2.78 bits per heavy atom. The monoisotopic (exact) mass is 251 g/mol. The van der Waals surface area contributed by atoms with Crippen molar-refractivity contribution in [2.45, 2.75) is 32.2 Å². The fourth-order valence-corrected chi connectivity index (χ4v) is 3.46. The Balaban J connectivity index is 1.67. The molecule has 3 aliphatic rings. The first kappa shape index (κ1) is 12.0. The summed E-state index contributed by atoms with van der Waals surface area (Å²) in [6.07, 6.45) is 3.24. The highest BCUT2D eigenvalue weighted by Gasteiger charge is 2.59. The molecule has 5 nitrogen and oxygen atoms in total. The molecule has 2 N–H and O–H groups in total. The zero-order valence-electron chi connectivity index (χ0n) is 10.9. The van der Waals surface area contributed by atoms with Gasteiger partial charge >= 0.3 is 0 Å². The molecule has 0 radical (unpaired) electrons. The molecule has 0 aromatic heterocycles. The molecule has 0 aromatic rings. The summed E-state index contributed by atoms with van der Waals surface area (Å²) in [4.78, 5) is 25.9. The summed E-state index contributed by atoms with van der Waals surface area (Å²) in [7, 11) is 0. The highest BCUT2D eigenvalue weighted by molar-refractivity contribution is 5.90. The Labute approximate surface area is 107 Å². The third-order valence-electron chi connectivity index (χ3n) is 4.87. The van der Waals surface area contributed by atoms with Crippen LogP contribution in [0.2, 0.25) is 0 Å². The van der Waals surface area contributed by atoms with Gasteiger partial charge in [-0.15, -0.1) is 0 Å². The molecule has 18 heavy (non-hydrogen) atoms. The van der Waals surface area contributed by atoms with Crippen molar-refractivity contribution in [3.63, 3.8) is 0 Å². The Kier molecular flexibility index (Phi) is 2.81. The fourth-order valence-electron chi connectivity index (χ4n) is 3.46. The number of rotatable bonds is 1. The van der Waals surface area contributed by atoms with Crippen LogP contribution in [-0.2, 0) is 9.59 Å². The summed E-state index contributed by atoms with van der Waals surface area (Å²) in [5, 5.41) is 6.15. The molecule has 3 rings (SSSR count). The van der Waals surface area contributed by atoms with Crippen LogP contribution in [0.5, 0.6) is 0 Å².